The number of hydrogen-bond acceptors (Lipinski definition) is 10. The number of likely N-dealkylation sites (N-methyl/N-ethyl adjacent to an activating group) is 1. The Morgan fingerprint density at radius 1 is 1.06 bits per heavy atom. The number of rotatable bonds is 7. The summed E-state index contributed by atoms with van der Waals surface area (Å²) in [6.07, 6.45) is 5.61. The molecule has 1 amide bonds. The van der Waals surface area contributed by atoms with Gasteiger partial charge in [-0.3, -0.25) is 4.79 Å². The molecule has 13 heteroatoms. The summed E-state index contributed by atoms with van der Waals surface area (Å²) in [5.41, 5.74) is 2.15. The van der Waals surface area contributed by atoms with Crippen LogP contribution in [0.25, 0.3) is 22.8 Å². The van der Waals surface area contributed by atoms with Gasteiger partial charge in [0.15, 0.2) is 23.8 Å². The number of anilines is 1. The number of nitrogens with zero attached hydrogens (tertiary/aromatic N) is 6. The molecule has 0 bridgehead atoms. The Morgan fingerprint density at radius 2 is 1.81 bits per heavy atom. The van der Waals surface area contributed by atoms with Gasteiger partial charge >= 0.3 is 0 Å². The van der Waals surface area contributed by atoms with Crippen LogP contribution >= 0.6 is 0 Å². The van der Waals surface area contributed by atoms with Crippen molar-refractivity contribution >= 4 is 21.9 Å². The molecule has 2 saturated heterocycles. The van der Waals surface area contributed by atoms with Crippen molar-refractivity contribution in [3.8, 4) is 28.5 Å². The van der Waals surface area contributed by atoms with Gasteiger partial charge in [0.1, 0.15) is 0 Å². The number of sulfonamides is 1. The van der Waals surface area contributed by atoms with Gasteiger partial charge in [-0.1, -0.05) is 11.2 Å². The maximum absolute atomic E-state index is 12.2. The van der Waals surface area contributed by atoms with Crippen LogP contribution in [-0.2, 0) is 14.8 Å². The second kappa shape index (κ2) is 9.82. The molecule has 3 aromatic rings. The zero-order valence-corrected chi connectivity index (χ0v) is 20.8. The van der Waals surface area contributed by atoms with Gasteiger partial charge in [-0.2, -0.15) is 0 Å². The Bertz CT molecular complexity index is 1350. The lowest BCUT2D eigenvalue weighted by atomic mass is 10.1. The molecule has 190 valence electrons. The van der Waals surface area contributed by atoms with Crippen molar-refractivity contribution in [2.75, 3.05) is 38.3 Å². The standard InChI is InChI=1S/C23H27N7O5S/c1-29-11-9-19(22(29)31)35-20-14-34-28-21(20)18-5-3-4-16(26-18)17-6-10-24-23(27-17)25-15-7-12-30(13-8-15)36(2,32)33/h3-6,10,14-15,19H,7-9,11-13H2,1-2H3,(H,24,25,27)/t19-/m0/s1. The third kappa shape index (κ3) is 5.16. The van der Waals surface area contributed by atoms with Crippen molar-refractivity contribution in [3.05, 3.63) is 36.7 Å². The minimum Gasteiger partial charge on any atom is -0.475 e. The van der Waals surface area contributed by atoms with E-state index in [2.05, 4.69) is 20.4 Å². The number of nitrogens with one attached hydrogen (secondary N) is 1. The van der Waals surface area contributed by atoms with Crippen LogP contribution in [0.15, 0.2) is 41.2 Å². The summed E-state index contributed by atoms with van der Waals surface area (Å²) in [5, 5.41) is 7.35. The molecule has 2 fully saturated rings. The molecule has 0 aliphatic carbocycles. The molecule has 36 heavy (non-hydrogen) atoms. The molecule has 0 aromatic carbocycles. The van der Waals surface area contributed by atoms with Gasteiger partial charge in [0.25, 0.3) is 5.91 Å². The quantitative estimate of drug-likeness (QED) is 0.495. The molecule has 0 spiro atoms. The number of piperidine rings is 1. The fraction of sp³-hybridized carbons (Fsp3) is 0.435. The van der Waals surface area contributed by atoms with Crippen molar-refractivity contribution in [1.82, 2.24) is 29.3 Å². The normalized spacial score (nSPS) is 19.6. The molecule has 5 rings (SSSR count). The van der Waals surface area contributed by atoms with E-state index in [0.29, 0.717) is 73.4 Å². The molecule has 12 nitrogen and oxygen atoms in total. The number of aromatic nitrogens is 4. The number of pyridine rings is 1. The van der Waals surface area contributed by atoms with E-state index in [1.54, 1.807) is 30.3 Å². The molecule has 1 N–H and O–H groups in total. The van der Waals surface area contributed by atoms with Gasteiger partial charge in [0, 0.05) is 45.3 Å². The van der Waals surface area contributed by atoms with Crippen molar-refractivity contribution in [1.29, 1.82) is 0 Å². The topological polar surface area (TPSA) is 144 Å². The summed E-state index contributed by atoms with van der Waals surface area (Å²) in [6, 6.07) is 7.28. The molecule has 5 heterocycles. The Labute approximate surface area is 208 Å². The van der Waals surface area contributed by atoms with E-state index < -0.39 is 16.1 Å². The summed E-state index contributed by atoms with van der Waals surface area (Å²) in [7, 11) is -1.43. The summed E-state index contributed by atoms with van der Waals surface area (Å²) >= 11 is 0. The van der Waals surface area contributed by atoms with E-state index in [1.807, 2.05) is 12.1 Å². The molecule has 3 aromatic heterocycles. The van der Waals surface area contributed by atoms with E-state index >= 15 is 0 Å². The van der Waals surface area contributed by atoms with E-state index in [-0.39, 0.29) is 11.9 Å². The summed E-state index contributed by atoms with van der Waals surface area (Å²) in [5.74, 6) is 0.734. The average Bonchev–Trinajstić information content (AvgIpc) is 3.46. The van der Waals surface area contributed by atoms with Crippen LogP contribution in [0.1, 0.15) is 19.3 Å². The number of carbonyl (C=O) groups excluding carboxylic acids is 1. The average molecular weight is 514 g/mol. The largest absolute Gasteiger partial charge is 0.475 e. The zero-order valence-electron chi connectivity index (χ0n) is 20.0. The summed E-state index contributed by atoms with van der Waals surface area (Å²) in [4.78, 5) is 27.5. The smallest absolute Gasteiger partial charge is 0.263 e. The lowest BCUT2D eigenvalue weighted by molar-refractivity contribution is -0.132. The van der Waals surface area contributed by atoms with Gasteiger partial charge in [0.05, 0.1) is 23.3 Å². The van der Waals surface area contributed by atoms with Crippen molar-refractivity contribution < 1.29 is 22.5 Å². The van der Waals surface area contributed by atoms with Gasteiger partial charge in [-0.05, 0) is 31.0 Å². The van der Waals surface area contributed by atoms with E-state index in [4.69, 9.17) is 14.2 Å². The first-order valence-corrected chi connectivity index (χ1v) is 13.5. The minimum atomic E-state index is -3.18. The number of hydrogen-bond donors (Lipinski definition) is 1. The highest BCUT2D eigenvalue weighted by molar-refractivity contribution is 7.88. The van der Waals surface area contributed by atoms with Crippen molar-refractivity contribution in [2.24, 2.45) is 0 Å². The number of amides is 1. The molecular weight excluding hydrogens is 486 g/mol. The molecule has 2 aliphatic rings. The number of ether oxygens (including phenoxy) is 1. The van der Waals surface area contributed by atoms with Crippen LogP contribution in [0.5, 0.6) is 5.75 Å². The van der Waals surface area contributed by atoms with Crippen LogP contribution < -0.4 is 10.1 Å². The maximum atomic E-state index is 12.2. The highest BCUT2D eigenvalue weighted by Gasteiger charge is 2.32. The first-order valence-electron chi connectivity index (χ1n) is 11.7. The van der Waals surface area contributed by atoms with Gasteiger partial charge < -0.3 is 19.5 Å². The van der Waals surface area contributed by atoms with Crippen molar-refractivity contribution in [3.63, 3.8) is 0 Å². The predicted molar refractivity (Wildman–Crippen MR) is 130 cm³/mol. The molecule has 2 aliphatic heterocycles. The zero-order chi connectivity index (χ0) is 25.3. The molecule has 0 saturated carbocycles. The maximum Gasteiger partial charge on any atom is 0.263 e. The Morgan fingerprint density at radius 3 is 2.53 bits per heavy atom. The van der Waals surface area contributed by atoms with Gasteiger partial charge in [-0.15, -0.1) is 0 Å². The van der Waals surface area contributed by atoms with E-state index in [9.17, 15) is 13.2 Å². The molecule has 0 radical (unpaired) electrons. The number of likely N-dealkylation sites (tertiary alicyclic amines) is 1. The van der Waals surface area contributed by atoms with Crippen LogP contribution in [0.4, 0.5) is 5.95 Å². The van der Waals surface area contributed by atoms with E-state index in [1.165, 1.54) is 16.8 Å². The lowest BCUT2D eigenvalue weighted by Crippen LogP contribution is -2.42. The van der Waals surface area contributed by atoms with Gasteiger partial charge in [0.2, 0.25) is 16.0 Å². The fourth-order valence-electron chi connectivity index (χ4n) is 4.33. The molecule has 0 unspecified atom stereocenters. The Hall–Kier alpha value is -3.58. The van der Waals surface area contributed by atoms with Crippen LogP contribution in [0, 0.1) is 0 Å². The molecule has 1 atom stereocenters. The summed E-state index contributed by atoms with van der Waals surface area (Å²) < 4.78 is 36.0. The monoisotopic (exact) mass is 513 g/mol. The minimum absolute atomic E-state index is 0.0738. The summed E-state index contributed by atoms with van der Waals surface area (Å²) in [6.45, 7) is 1.56. The third-order valence-electron chi connectivity index (χ3n) is 6.35. The predicted octanol–water partition coefficient (Wildman–Crippen LogP) is 1.64. The Kier molecular flexibility index (Phi) is 6.58. The van der Waals surface area contributed by atoms with Crippen LogP contribution in [0.3, 0.4) is 0 Å². The van der Waals surface area contributed by atoms with Crippen LogP contribution in [0.2, 0.25) is 0 Å². The first-order chi connectivity index (χ1) is 17.3. The second-order valence-electron chi connectivity index (χ2n) is 8.94. The SMILES string of the molecule is CN1CC[C@H](Oc2conc2-c2cccc(-c3ccnc(NC4CCN(S(C)(=O)=O)CC4)n3)n2)C1=O. The van der Waals surface area contributed by atoms with Crippen molar-refractivity contribution in [2.45, 2.75) is 31.4 Å². The highest BCUT2D eigenvalue weighted by Crippen LogP contribution is 2.31. The van der Waals surface area contributed by atoms with E-state index in [0.717, 1.165) is 0 Å². The first kappa shape index (κ1) is 24.1. The van der Waals surface area contributed by atoms with Gasteiger partial charge in [-0.25, -0.2) is 27.7 Å². The fourth-order valence-corrected chi connectivity index (χ4v) is 5.21. The number of carbonyl (C=O) groups is 1. The second-order valence-corrected chi connectivity index (χ2v) is 10.9. The Balaban J connectivity index is 1.30. The lowest BCUT2D eigenvalue weighted by Gasteiger charge is -2.30. The third-order valence-corrected chi connectivity index (χ3v) is 7.65. The highest BCUT2D eigenvalue weighted by atomic mass is 32.2. The van der Waals surface area contributed by atoms with Crippen LogP contribution in [-0.4, -0.2) is 88.7 Å². The molecular formula is C23H27N7O5S.